The van der Waals surface area contributed by atoms with Crippen LogP contribution in [0.5, 0.6) is 0 Å². The summed E-state index contributed by atoms with van der Waals surface area (Å²) in [5, 5.41) is 8.48. The smallest absolute Gasteiger partial charge is 0.305 e. The summed E-state index contributed by atoms with van der Waals surface area (Å²) in [6, 6.07) is 0. The topological polar surface area (TPSA) is 99.1 Å². The van der Waals surface area contributed by atoms with Gasteiger partial charge in [-0.1, -0.05) is 45.4 Å². The number of rotatable bonds is 19. The number of unbranched alkanes of at least 4 members (excludes halogenated alkanes) is 7. The molecule has 0 aromatic carbocycles. The maximum absolute atomic E-state index is 11.5. The van der Waals surface area contributed by atoms with Crippen LogP contribution < -0.4 is 0 Å². The van der Waals surface area contributed by atoms with E-state index in [4.69, 9.17) is 19.3 Å². The fourth-order valence-corrected chi connectivity index (χ4v) is 2.45. The van der Waals surface area contributed by atoms with E-state index in [2.05, 4.69) is 6.92 Å². The number of carbonyl (C=O) groups excluding carboxylic acids is 2. The molecule has 158 valence electrons. The molecule has 0 aliphatic rings. The van der Waals surface area contributed by atoms with Crippen molar-refractivity contribution < 1.29 is 33.7 Å². The number of aliphatic carboxylic acids is 1. The first-order valence-electron chi connectivity index (χ1n) is 10.2. The average molecular weight is 389 g/mol. The number of carboxylic acid groups (broad SMARTS) is 1. The predicted molar refractivity (Wildman–Crippen MR) is 101 cm³/mol. The Hall–Kier alpha value is -1.63. The van der Waals surface area contributed by atoms with E-state index in [0.717, 1.165) is 12.8 Å². The highest BCUT2D eigenvalue weighted by molar-refractivity contribution is 5.70. The Labute approximate surface area is 162 Å². The molecule has 0 saturated carbocycles. The van der Waals surface area contributed by atoms with Gasteiger partial charge >= 0.3 is 17.9 Å². The molecule has 0 aromatic heterocycles. The Morgan fingerprint density at radius 3 is 1.59 bits per heavy atom. The lowest BCUT2D eigenvalue weighted by atomic mass is 10.1. The van der Waals surface area contributed by atoms with Crippen molar-refractivity contribution in [2.45, 2.75) is 84.0 Å². The van der Waals surface area contributed by atoms with E-state index in [9.17, 15) is 14.4 Å². The molecule has 7 heteroatoms. The van der Waals surface area contributed by atoms with E-state index in [1.807, 2.05) is 0 Å². The van der Waals surface area contributed by atoms with Crippen LogP contribution >= 0.6 is 0 Å². The summed E-state index contributed by atoms with van der Waals surface area (Å²) in [7, 11) is 0. The Morgan fingerprint density at radius 1 is 0.630 bits per heavy atom. The number of ether oxygens (including phenoxy) is 3. The molecule has 0 aliphatic heterocycles. The summed E-state index contributed by atoms with van der Waals surface area (Å²) in [6.45, 7) is 3.07. The van der Waals surface area contributed by atoms with Crippen LogP contribution in [0.2, 0.25) is 0 Å². The Morgan fingerprint density at radius 2 is 1.07 bits per heavy atom. The van der Waals surface area contributed by atoms with E-state index in [-0.39, 0.29) is 51.2 Å². The second-order valence-electron chi connectivity index (χ2n) is 6.53. The second-order valence-corrected chi connectivity index (χ2v) is 6.53. The first kappa shape index (κ1) is 25.4. The van der Waals surface area contributed by atoms with Crippen molar-refractivity contribution in [3.05, 3.63) is 0 Å². The fraction of sp³-hybridized carbons (Fsp3) is 0.850. The Kier molecular flexibility index (Phi) is 18.0. The third-order valence-electron chi connectivity index (χ3n) is 3.99. The standard InChI is InChI=1S/C20H36O7/c1-2-3-4-5-6-7-8-12-19(23)26-16-14-25-15-17-27-20(24)13-10-9-11-18(21)22/h2-17H2,1H3,(H,21,22). The van der Waals surface area contributed by atoms with Gasteiger partial charge in [0.1, 0.15) is 13.2 Å². The van der Waals surface area contributed by atoms with Crippen LogP contribution in [-0.2, 0) is 28.6 Å². The molecule has 0 spiro atoms. The van der Waals surface area contributed by atoms with Crippen LogP contribution in [0.1, 0.15) is 84.0 Å². The summed E-state index contributed by atoms with van der Waals surface area (Å²) in [5.41, 5.74) is 0. The molecule has 0 saturated heterocycles. The van der Waals surface area contributed by atoms with Gasteiger partial charge in [-0.2, -0.15) is 0 Å². The molecule has 0 heterocycles. The monoisotopic (exact) mass is 388 g/mol. The highest BCUT2D eigenvalue weighted by Crippen LogP contribution is 2.08. The fourth-order valence-electron chi connectivity index (χ4n) is 2.45. The minimum atomic E-state index is -0.861. The molecule has 0 bridgehead atoms. The minimum absolute atomic E-state index is 0.0636. The van der Waals surface area contributed by atoms with Crippen LogP contribution in [0.15, 0.2) is 0 Å². The number of hydrogen-bond acceptors (Lipinski definition) is 6. The molecule has 0 fully saturated rings. The zero-order valence-electron chi connectivity index (χ0n) is 16.7. The maximum atomic E-state index is 11.5. The molecule has 1 N–H and O–H groups in total. The lowest BCUT2D eigenvalue weighted by molar-refractivity contribution is -0.147. The summed E-state index contributed by atoms with van der Waals surface area (Å²) >= 11 is 0. The molecular weight excluding hydrogens is 352 g/mol. The highest BCUT2D eigenvalue weighted by Gasteiger charge is 2.05. The van der Waals surface area contributed by atoms with Crippen molar-refractivity contribution in [1.29, 1.82) is 0 Å². The quantitative estimate of drug-likeness (QED) is 0.265. The lowest BCUT2D eigenvalue weighted by Crippen LogP contribution is -2.14. The highest BCUT2D eigenvalue weighted by atomic mass is 16.6. The van der Waals surface area contributed by atoms with Crippen LogP contribution in [-0.4, -0.2) is 49.4 Å². The molecule has 0 radical (unpaired) electrons. The molecule has 0 aromatic rings. The first-order chi connectivity index (χ1) is 13.1. The van der Waals surface area contributed by atoms with Gasteiger partial charge < -0.3 is 19.3 Å². The SMILES string of the molecule is CCCCCCCCCC(=O)OCCOCCOC(=O)CCCCC(=O)O. The van der Waals surface area contributed by atoms with Gasteiger partial charge in [0, 0.05) is 19.3 Å². The van der Waals surface area contributed by atoms with Crippen LogP contribution in [0.25, 0.3) is 0 Å². The van der Waals surface area contributed by atoms with E-state index < -0.39 is 5.97 Å². The van der Waals surface area contributed by atoms with Crippen molar-refractivity contribution in [1.82, 2.24) is 0 Å². The molecular formula is C20H36O7. The van der Waals surface area contributed by atoms with Crippen molar-refractivity contribution >= 4 is 17.9 Å². The third kappa shape index (κ3) is 20.5. The Bertz CT molecular complexity index is 396. The van der Waals surface area contributed by atoms with E-state index in [1.54, 1.807) is 0 Å². The van der Waals surface area contributed by atoms with Crippen molar-refractivity contribution in [2.75, 3.05) is 26.4 Å². The maximum Gasteiger partial charge on any atom is 0.305 e. The van der Waals surface area contributed by atoms with Gasteiger partial charge in [0.25, 0.3) is 0 Å². The summed E-state index contributed by atoms with van der Waals surface area (Å²) in [5.74, 6) is -1.41. The van der Waals surface area contributed by atoms with Gasteiger partial charge in [0.2, 0.25) is 0 Å². The summed E-state index contributed by atoms with van der Waals surface area (Å²) in [6.07, 6.45) is 9.85. The molecule has 0 aliphatic carbocycles. The van der Waals surface area contributed by atoms with Gasteiger partial charge in [-0.15, -0.1) is 0 Å². The zero-order valence-corrected chi connectivity index (χ0v) is 16.7. The molecule has 0 atom stereocenters. The lowest BCUT2D eigenvalue weighted by Gasteiger charge is -2.07. The second kappa shape index (κ2) is 19.1. The summed E-state index contributed by atoms with van der Waals surface area (Å²) < 4.78 is 15.3. The number of carbonyl (C=O) groups is 3. The van der Waals surface area contributed by atoms with Crippen molar-refractivity contribution in [3.63, 3.8) is 0 Å². The van der Waals surface area contributed by atoms with Gasteiger partial charge in [0.05, 0.1) is 13.2 Å². The average Bonchev–Trinajstić information content (AvgIpc) is 2.63. The molecule has 0 rings (SSSR count). The molecule has 27 heavy (non-hydrogen) atoms. The van der Waals surface area contributed by atoms with Crippen molar-refractivity contribution in [3.8, 4) is 0 Å². The normalized spacial score (nSPS) is 10.6. The largest absolute Gasteiger partial charge is 0.481 e. The van der Waals surface area contributed by atoms with Gasteiger partial charge in [-0.25, -0.2) is 0 Å². The van der Waals surface area contributed by atoms with Gasteiger partial charge in [0.15, 0.2) is 0 Å². The molecule has 7 nitrogen and oxygen atoms in total. The zero-order chi connectivity index (χ0) is 20.2. The van der Waals surface area contributed by atoms with Gasteiger partial charge in [-0.3, -0.25) is 14.4 Å². The van der Waals surface area contributed by atoms with E-state index in [0.29, 0.717) is 19.3 Å². The van der Waals surface area contributed by atoms with Crippen LogP contribution in [0.3, 0.4) is 0 Å². The number of hydrogen-bond donors (Lipinski definition) is 1. The third-order valence-corrected chi connectivity index (χ3v) is 3.99. The molecule has 0 amide bonds. The van der Waals surface area contributed by atoms with E-state index in [1.165, 1.54) is 32.1 Å². The van der Waals surface area contributed by atoms with Crippen LogP contribution in [0, 0.1) is 0 Å². The minimum Gasteiger partial charge on any atom is -0.481 e. The Balaban J connectivity index is 3.30. The van der Waals surface area contributed by atoms with Gasteiger partial charge in [-0.05, 0) is 19.3 Å². The number of carboxylic acids is 1. The predicted octanol–water partition coefficient (Wildman–Crippen LogP) is 3.88. The first-order valence-corrected chi connectivity index (χ1v) is 10.2. The number of esters is 2. The van der Waals surface area contributed by atoms with Crippen LogP contribution in [0.4, 0.5) is 0 Å². The summed E-state index contributed by atoms with van der Waals surface area (Å²) in [4.78, 5) is 33.2. The molecule has 0 unspecified atom stereocenters. The van der Waals surface area contributed by atoms with Crippen molar-refractivity contribution in [2.24, 2.45) is 0 Å². The van der Waals surface area contributed by atoms with E-state index >= 15 is 0 Å².